The van der Waals surface area contributed by atoms with E-state index in [1.54, 1.807) is 12.1 Å². The molecule has 0 radical (unpaired) electrons. The lowest BCUT2D eigenvalue weighted by atomic mass is 9.93. The molecule has 10 heteroatoms. The number of rotatable bonds is 6. The second kappa shape index (κ2) is 10.0. The van der Waals surface area contributed by atoms with Gasteiger partial charge in [-0.25, -0.2) is 13.4 Å². The number of nitrogens with one attached hydrogen (secondary N) is 1. The van der Waals surface area contributed by atoms with Crippen LogP contribution >= 0.6 is 12.2 Å². The molecule has 0 aromatic heterocycles. The highest BCUT2D eigenvalue weighted by atomic mass is 32.2. The van der Waals surface area contributed by atoms with Gasteiger partial charge in [-0.15, -0.1) is 0 Å². The molecule has 2 fully saturated rings. The van der Waals surface area contributed by atoms with Gasteiger partial charge in [-0.05, 0) is 49.3 Å². The fraction of sp³-hybridized carbons (Fsp3) is 0.571. The van der Waals surface area contributed by atoms with Crippen LogP contribution in [0.4, 0.5) is 14.9 Å². The zero-order chi connectivity index (χ0) is 22.6. The summed E-state index contributed by atoms with van der Waals surface area (Å²) in [7, 11) is -2.52. The Bertz CT molecular complexity index is 977. The van der Waals surface area contributed by atoms with Gasteiger partial charge in [-0.2, -0.15) is 4.36 Å². The van der Waals surface area contributed by atoms with Gasteiger partial charge in [0.15, 0.2) is 0 Å². The van der Waals surface area contributed by atoms with Crippen LogP contribution in [-0.4, -0.2) is 51.9 Å². The second-order valence-corrected chi connectivity index (χ2v) is 11.0. The maximum atomic E-state index is 14.9. The number of nitrogens with zero attached hydrogens (tertiary/aromatic N) is 2. The third kappa shape index (κ3) is 6.00. The quantitative estimate of drug-likeness (QED) is 0.639. The average Bonchev–Trinajstić information content (AvgIpc) is 3.07. The highest BCUT2D eigenvalue weighted by Crippen LogP contribution is 2.34. The maximum absolute atomic E-state index is 14.9. The van der Waals surface area contributed by atoms with Crippen LogP contribution in [-0.2, 0) is 19.3 Å². The van der Waals surface area contributed by atoms with Crippen molar-refractivity contribution in [2.45, 2.75) is 51.6 Å². The largest absolute Gasteiger partial charge is 0.442 e. The molecule has 0 bridgehead atoms. The Morgan fingerprint density at radius 3 is 2.71 bits per heavy atom. The Labute approximate surface area is 187 Å². The normalized spacial score (nSPS) is 25.8. The summed E-state index contributed by atoms with van der Waals surface area (Å²) in [4.78, 5) is 25.6. The second-order valence-electron chi connectivity index (χ2n) is 7.94. The summed E-state index contributed by atoms with van der Waals surface area (Å²) in [6.07, 6.45) is 1.86. The predicted octanol–water partition coefficient (Wildman–Crippen LogP) is 3.76. The van der Waals surface area contributed by atoms with Gasteiger partial charge >= 0.3 is 6.09 Å². The minimum absolute atomic E-state index is 0.0900. The molecule has 0 spiro atoms. The number of thiocarbonyl (C=S) groups is 1. The van der Waals surface area contributed by atoms with Gasteiger partial charge in [0.25, 0.3) is 5.91 Å². The van der Waals surface area contributed by atoms with E-state index in [0.717, 1.165) is 17.8 Å². The molecular weight excluding hydrogens is 441 g/mol. The SMILES string of the molecule is CCCC(=S)NC[C@H]1CN(c2ccc(C3CCS(=O)(=NC(C)=O)CC3)c(F)c2)C(=O)O1. The summed E-state index contributed by atoms with van der Waals surface area (Å²) in [5, 5.41) is 3.10. The Balaban J connectivity index is 1.63. The highest BCUT2D eigenvalue weighted by molar-refractivity contribution is 7.93. The topological polar surface area (TPSA) is 88.1 Å². The number of anilines is 1. The molecule has 3 rings (SSSR count). The van der Waals surface area contributed by atoms with E-state index in [9.17, 15) is 18.2 Å². The summed E-state index contributed by atoms with van der Waals surface area (Å²) >= 11 is 5.21. The summed E-state index contributed by atoms with van der Waals surface area (Å²) in [5.74, 6) is -0.361. The number of carbonyl (C=O) groups is 2. The van der Waals surface area contributed by atoms with Crippen molar-refractivity contribution >= 4 is 44.6 Å². The lowest BCUT2D eigenvalue weighted by Gasteiger charge is -2.25. The molecule has 2 aliphatic rings. The molecule has 1 atom stereocenters. The Morgan fingerprint density at radius 2 is 2.10 bits per heavy atom. The third-order valence-electron chi connectivity index (χ3n) is 5.48. The van der Waals surface area contributed by atoms with Gasteiger partial charge < -0.3 is 10.1 Å². The monoisotopic (exact) mass is 469 g/mol. The summed E-state index contributed by atoms with van der Waals surface area (Å²) in [6, 6.07) is 4.74. The number of ether oxygens (including phenoxy) is 1. The number of cyclic esters (lactones) is 1. The van der Waals surface area contributed by atoms with Crippen molar-refractivity contribution < 1.29 is 22.9 Å². The molecule has 1 aromatic carbocycles. The fourth-order valence-electron chi connectivity index (χ4n) is 3.93. The zero-order valence-electron chi connectivity index (χ0n) is 17.8. The van der Waals surface area contributed by atoms with Crippen molar-refractivity contribution in [2.75, 3.05) is 29.5 Å². The van der Waals surface area contributed by atoms with E-state index in [-0.39, 0.29) is 23.5 Å². The molecular formula is C21H28FN3O4S2. The van der Waals surface area contributed by atoms with Gasteiger partial charge in [-0.3, -0.25) is 9.69 Å². The minimum atomic E-state index is -2.52. The number of halogens is 1. The van der Waals surface area contributed by atoms with E-state index >= 15 is 0 Å². The molecule has 170 valence electrons. The summed E-state index contributed by atoms with van der Waals surface area (Å²) in [6.45, 7) is 4.07. The van der Waals surface area contributed by atoms with E-state index in [4.69, 9.17) is 17.0 Å². The molecule has 2 heterocycles. The molecule has 0 aliphatic carbocycles. The first-order chi connectivity index (χ1) is 14.7. The van der Waals surface area contributed by atoms with Crippen molar-refractivity contribution in [3.8, 4) is 0 Å². The van der Waals surface area contributed by atoms with Crippen LogP contribution in [0.5, 0.6) is 0 Å². The van der Waals surface area contributed by atoms with Crippen LogP contribution < -0.4 is 10.2 Å². The Kier molecular flexibility index (Phi) is 7.64. The van der Waals surface area contributed by atoms with E-state index in [0.29, 0.717) is 37.2 Å². The third-order valence-corrected chi connectivity index (χ3v) is 8.16. The molecule has 2 saturated heterocycles. The van der Waals surface area contributed by atoms with Gasteiger partial charge in [0.1, 0.15) is 11.9 Å². The van der Waals surface area contributed by atoms with E-state index in [1.165, 1.54) is 17.9 Å². The zero-order valence-corrected chi connectivity index (χ0v) is 19.4. The highest BCUT2D eigenvalue weighted by Gasteiger charge is 2.33. The van der Waals surface area contributed by atoms with Crippen LogP contribution in [0.2, 0.25) is 0 Å². The number of carbonyl (C=O) groups excluding carboxylic acids is 2. The Morgan fingerprint density at radius 1 is 1.39 bits per heavy atom. The van der Waals surface area contributed by atoms with Crippen molar-refractivity contribution in [3.05, 3.63) is 29.6 Å². The van der Waals surface area contributed by atoms with Crippen LogP contribution in [0.25, 0.3) is 0 Å². The predicted molar refractivity (Wildman–Crippen MR) is 122 cm³/mol. The first-order valence-corrected chi connectivity index (χ1v) is 12.7. The first-order valence-electron chi connectivity index (χ1n) is 10.5. The summed E-state index contributed by atoms with van der Waals surface area (Å²) < 4.78 is 36.6. The maximum Gasteiger partial charge on any atom is 0.414 e. The number of benzene rings is 1. The molecule has 2 amide bonds. The number of hydrogen-bond acceptors (Lipinski definition) is 5. The molecule has 1 aromatic rings. The lowest BCUT2D eigenvalue weighted by Crippen LogP contribution is -2.33. The smallest absolute Gasteiger partial charge is 0.414 e. The first kappa shape index (κ1) is 23.6. The van der Waals surface area contributed by atoms with Crippen LogP contribution in [0.15, 0.2) is 22.6 Å². The molecule has 0 unspecified atom stereocenters. The molecule has 2 aliphatic heterocycles. The standard InChI is InChI=1S/C21H28FN3O4S2/c1-3-4-20(30)23-12-17-13-25(21(27)29-17)16-5-6-18(19(22)11-16)15-7-9-31(28,10-8-15)24-14(2)26/h5-6,11,15,17H,3-4,7-10,12-13H2,1-2H3,(H,23,30)/t15?,17-,31?/m0/s1. The van der Waals surface area contributed by atoms with Crippen LogP contribution in [0.3, 0.4) is 0 Å². The minimum Gasteiger partial charge on any atom is -0.442 e. The van der Waals surface area contributed by atoms with E-state index < -0.39 is 27.5 Å². The van der Waals surface area contributed by atoms with Crippen LogP contribution in [0.1, 0.15) is 51.0 Å². The fourth-order valence-corrected chi connectivity index (χ4v) is 6.38. The van der Waals surface area contributed by atoms with Crippen LogP contribution in [0, 0.1) is 5.82 Å². The number of hydrogen-bond donors (Lipinski definition) is 1. The number of amides is 2. The van der Waals surface area contributed by atoms with E-state index in [1.807, 2.05) is 6.92 Å². The molecule has 1 N–H and O–H groups in total. The van der Waals surface area contributed by atoms with Crippen molar-refractivity contribution in [3.63, 3.8) is 0 Å². The van der Waals surface area contributed by atoms with Crippen molar-refractivity contribution in [1.82, 2.24) is 5.32 Å². The van der Waals surface area contributed by atoms with E-state index in [2.05, 4.69) is 9.68 Å². The van der Waals surface area contributed by atoms with Crippen molar-refractivity contribution in [1.29, 1.82) is 0 Å². The lowest BCUT2D eigenvalue weighted by molar-refractivity contribution is -0.115. The Hall–Kier alpha value is -2.07. The van der Waals surface area contributed by atoms with Gasteiger partial charge in [0, 0.05) is 18.4 Å². The van der Waals surface area contributed by atoms with Gasteiger partial charge in [0.2, 0.25) is 0 Å². The molecule has 31 heavy (non-hydrogen) atoms. The van der Waals surface area contributed by atoms with Gasteiger partial charge in [-0.1, -0.05) is 25.2 Å². The molecule has 0 saturated carbocycles. The molecule has 7 nitrogen and oxygen atoms in total. The van der Waals surface area contributed by atoms with Crippen molar-refractivity contribution in [2.24, 2.45) is 4.36 Å². The van der Waals surface area contributed by atoms with Gasteiger partial charge in [0.05, 0.1) is 33.5 Å². The average molecular weight is 470 g/mol. The summed E-state index contributed by atoms with van der Waals surface area (Å²) in [5.41, 5.74) is 0.972.